The van der Waals surface area contributed by atoms with E-state index in [1.165, 1.54) is 4.90 Å². The summed E-state index contributed by atoms with van der Waals surface area (Å²) in [6, 6.07) is 8.68. The van der Waals surface area contributed by atoms with Crippen molar-refractivity contribution in [2.24, 2.45) is 0 Å². The van der Waals surface area contributed by atoms with Gasteiger partial charge in [0.15, 0.2) is 0 Å². The van der Waals surface area contributed by atoms with Gasteiger partial charge in [0.1, 0.15) is 6.61 Å². The summed E-state index contributed by atoms with van der Waals surface area (Å²) in [6.45, 7) is 0.757. The average Bonchev–Trinajstić information content (AvgIpc) is 2.73. The van der Waals surface area contributed by atoms with Crippen LogP contribution < -0.4 is 0 Å². The van der Waals surface area contributed by atoms with Crippen LogP contribution in [0.15, 0.2) is 30.3 Å². The van der Waals surface area contributed by atoms with Crippen LogP contribution in [0.1, 0.15) is 18.0 Å². The minimum absolute atomic E-state index is 0.112. The molecule has 1 heterocycles. The Labute approximate surface area is 98.6 Å². The lowest BCUT2D eigenvalue weighted by molar-refractivity contribution is -0.138. The summed E-state index contributed by atoms with van der Waals surface area (Å²) in [5, 5.41) is 8.91. The van der Waals surface area contributed by atoms with E-state index in [4.69, 9.17) is 9.84 Å². The van der Waals surface area contributed by atoms with E-state index >= 15 is 0 Å². The molecule has 1 aromatic rings. The second-order valence-electron chi connectivity index (χ2n) is 3.83. The van der Waals surface area contributed by atoms with Gasteiger partial charge in [-0.3, -0.25) is 9.69 Å². The number of carbonyl (C=O) groups excluding carboxylic acids is 1. The molecule has 5 heteroatoms. The summed E-state index contributed by atoms with van der Waals surface area (Å²) in [4.78, 5) is 23.8. The predicted octanol–water partition coefficient (Wildman–Crippen LogP) is 1.65. The lowest BCUT2D eigenvalue weighted by Crippen LogP contribution is -2.31. The Morgan fingerprint density at radius 3 is 2.65 bits per heavy atom. The molecule has 0 aromatic heterocycles. The topological polar surface area (TPSA) is 66.8 Å². The number of carboxylic acid groups (broad SMARTS) is 1. The molecule has 1 aromatic carbocycles. The Kier molecular flexibility index (Phi) is 3.27. The molecule has 0 saturated carbocycles. The first-order valence-electron chi connectivity index (χ1n) is 5.38. The number of carboxylic acids is 1. The maximum atomic E-state index is 11.5. The first kappa shape index (κ1) is 11.4. The van der Waals surface area contributed by atoms with Crippen LogP contribution in [0.2, 0.25) is 0 Å². The van der Waals surface area contributed by atoms with E-state index < -0.39 is 18.1 Å². The molecule has 2 rings (SSSR count). The SMILES string of the molecule is O=C(O)C[C@@H](c1ccccc1)N1CCOC1=O. The fourth-order valence-corrected chi connectivity index (χ4v) is 1.94. The van der Waals surface area contributed by atoms with Crippen molar-refractivity contribution in [2.75, 3.05) is 13.2 Å². The van der Waals surface area contributed by atoms with E-state index in [2.05, 4.69) is 0 Å². The Bertz CT molecular complexity index is 418. The smallest absolute Gasteiger partial charge is 0.410 e. The molecule has 1 atom stereocenters. The Hall–Kier alpha value is -2.04. The lowest BCUT2D eigenvalue weighted by Gasteiger charge is -2.24. The van der Waals surface area contributed by atoms with Crippen LogP contribution in [0, 0.1) is 0 Å². The minimum atomic E-state index is -0.932. The number of ether oxygens (including phenoxy) is 1. The van der Waals surface area contributed by atoms with Gasteiger partial charge >= 0.3 is 12.1 Å². The molecule has 17 heavy (non-hydrogen) atoms. The monoisotopic (exact) mass is 235 g/mol. The van der Waals surface area contributed by atoms with E-state index in [9.17, 15) is 9.59 Å². The Morgan fingerprint density at radius 1 is 1.41 bits per heavy atom. The van der Waals surface area contributed by atoms with Gasteiger partial charge in [-0.15, -0.1) is 0 Å². The Balaban J connectivity index is 2.25. The van der Waals surface area contributed by atoms with Crippen LogP contribution in [-0.4, -0.2) is 35.2 Å². The van der Waals surface area contributed by atoms with Gasteiger partial charge < -0.3 is 9.84 Å². The maximum absolute atomic E-state index is 11.5. The number of aliphatic carboxylic acids is 1. The summed E-state index contributed by atoms with van der Waals surface area (Å²) in [5.41, 5.74) is 0.814. The third kappa shape index (κ3) is 2.55. The van der Waals surface area contributed by atoms with Crippen molar-refractivity contribution >= 4 is 12.1 Å². The van der Waals surface area contributed by atoms with Gasteiger partial charge in [-0.2, -0.15) is 0 Å². The van der Waals surface area contributed by atoms with Crippen molar-refractivity contribution in [1.82, 2.24) is 4.90 Å². The quantitative estimate of drug-likeness (QED) is 0.861. The molecule has 1 fully saturated rings. The zero-order valence-corrected chi connectivity index (χ0v) is 9.20. The fourth-order valence-electron chi connectivity index (χ4n) is 1.94. The molecular formula is C12H13NO4. The van der Waals surface area contributed by atoms with E-state index in [1.807, 2.05) is 30.3 Å². The largest absolute Gasteiger partial charge is 0.481 e. The molecule has 5 nitrogen and oxygen atoms in total. The van der Waals surface area contributed by atoms with Gasteiger partial charge in [-0.1, -0.05) is 30.3 Å². The van der Waals surface area contributed by atoms with Crippen molar-refractivity contribution in [1.29, 1.82) is 0 Å². The van der Waals surface area contributed by atoms with Crippen LogP contribution in [0.5, 0.6) is 0 Å². The fraction of sp³-hybridized carbons (Fsp3) is 0.333. The normalized spacial score (nSPS) is 16.7. The summed E-state index contributed by atoms with van der Waals surface area (Å²) in [7, 11) is 0. The maximum Gasteiger partial charge on any atom is 0.410 e. The lowest BCUT2D eigenvalue weighted by atomic mass is 10.0. The zero-order chi connectivity index (χ0) is 12.3. The second-order valence-corrected chi connectivity index (χ2v) is 3.83. The van der Waals surface area contributed by atoms with Gasteiger partial charge in [0, 0.05) is 0 Å². The van der Waals surface area contributed by atoms with Crippen LogP contribution >= 0.6 is 0 Å². The molecule has 0 unspecified atom stereocenters. The zero-order valence-electron chi connectivity index (χ0n) is 9.20. The standard InChI is InChI=1S/C12H13NO4/c14-11(15)8-10(9-4-2-1-3-5-9)13-6-7-17-12(13)16/h1-5,10H,6-8H2,(H,14,15)/t10-/m0/s1. The molecule has 90 valence electrons. The van der Waals surface area contributed by atoms with Gasteiger partial charge in [0.2, 0.25) is 0 Å². The molecule has 0 bridgehead atoms. The highest BCUT2D eigenvalue weighted by Crippen LogP contribution is 2.26. The third-order valence-electron chi connectivity index (χ3n) is 2.72. The van der Waals surface area contributed by atoms with Crippen molar-refractivity contribution in [3.8, 4) is 0 Å². The predicted molar refractivity (Wildman–Crippen MR) is 59.5 cm³/mol. The van der Waals surface area contributed by atoms with Crippen molar-refractivity contribution in [2.45, 2.75) is 12.5 Å². The minimum Gasteiger partial charge on any atom is -0.481 e. The molecule has 0 spiro atoms. The third-order valence-corrected chi connectivity index (χ3v) is 2.72. The average molecular weight is 235 g/mol. The number of hydrogen-bond acceptors (Lipinski definition) is 3. The highest BCUT2D eigenvalue weighted by atomic mass is 16.6. The number of cyclic esters (lactones) is 1. The van der Waals surface area contributed by atoms with Crippen molar-refractivity contribution in [3.05, 3.63) is 35.9 Å². The molecule has 1 saturated heterocycles. The van der Waals surface area contributed by atoms with Crippen LogP contribution in [0.3, 0.4) is 0 Å². The van der Waals surface area contributed by atoms with Crippen molar-refractivity contribution in [3.63, 3.8) is 0 Å². The van der Waals surface area contributed by atoms with E-state index in [-0.39, 0.29) is 6.42 Å². The molecule has 0 radical (unpaired) electrons. The molecule has 1 N–H and O–H groups in total. The van der Waals surface area contributed by atoms with Crippen LogP contribution in [-0.2, 0) is 9.53 Å². The van der Waals surface area contributed by atoms with Gasteiger partial charge in [0.25, 0.3) is 0 Å². The van der Waals surface area contributed by atoms with Crippen molar-refractivity contribution < 1.29 is 19.4 Å². The second kappa shape index (κ2) is 4.86. The molecule has 1 amide bonds. The number of rotatable bonds is 4. The number of benzene rings is 1. The first-order valence-corrected chi connectivity index (χ1v) is 5.38. The summed E-state index contributed by atoms with van der Waals surface area (Å²) in [5.74, 6) is -0.932. The first-order chi connectivity index (χ1) is 8.18. The van der Waals surface area contributed by atoms with Gasteiger partial charge in [-0.05, 0) is 5.56 Å². The number of hydrogen-bond donors (Lipinski definition) is 1. The number of nitrogens with zero attached hydrogens (tertiary/aromatic N) is 1. The number of carbonyl (C=O) groups is 2. The van der Waals surface area contributed by atoms with E-state index in [1.54, 1.807) is 0 Å². The van der Waals surface area contributed by atoms with E-state index in [0.717, 1.165) is 5.56 Å². The van der Waals surface area contributed by atoms with Crippen LogP contribution in [0.25, 0.3) is 0 Å². The Morgan fingerprint density at radius 2 is 2.12 bits per heavy atom. The molecule has 0 aliphatic carbocycles. The summed E-state index contributed by atoms with van der Waals surface area (Å²) >= 11 is 0. The van der Waals surface area contributed by atoms with Crippen LogP contribution in [0.4, 0.5) is 4.79 Å². The highest BCUT2D eigenvalue weighted by Gasteiger charge is 2.32. The van der Waals surface area contributed by atoms with Gasteiger partial charge in [0.05, 0.1) is 19.0 Å². The van der Waals surface area contributed by atoms with Gasteiger partial charge in [-0.25, -0.2) is 4.79 Å². The molecule has 1 aliphatic heterocycles. The van der Waals surface area contributed by atoms with E-state index in [0.29, 0.717) is 13.2 Å². The number of amides is 1. The summed E-state index contributed by atoms with van der Waals surface area (Å²) < 4.78 is 4.84. The highest BCUT2D eigenvalue weighted by molar-refractivity contribution is 5.73. The summed E-state index contributed by atoms with van der Waals surface area (Å²) in [6.07, 6.45) is -0.556. The molecular weight excluding hydrogens is 222 g/mol. The molecule has 1 aliphatic rings.